The first-order valence-corrected chi connectivity index (χ1v) is 9.85. The molecule has 6 nitrogen and oxygen atoms in total. The summed E-state index contributed by atoms with van der Waals surface area (Å²) in [7, 11) is 0. The van der Waals surface area contributed by atoms with Crippen LogP contribution < -0.4 is 10.6 Å². The summed E-state index contributed by atoms with van der Waals surface area (Å²) in [4.78, 5) is 24.8. The molecule has 1 aliphatic carbocycles. The van der Waals surface area contributed by atoms with Crippen molar-refractivity contribution in [1.29, 1.82) is 0 Å². The number of fused-ring (bicyclic) bond motifs is 1. The third kappa shape index (κ3) is 4.21. The van der Waals surface area contributed by atoms with Gasteiger partial charge in [0.25, 0.3) is 5.91 Å². The molecule has 2 aromatic rings. The van der Waals surface area contributed by atoms with Gasteiger partial charge >= 0.3 is 0 Å². The van der Waals surface area contributed by atoms with Crippen LogP contribution in [0, 0.1) is 5.92 Å². The van der Waals surface area contributed by atoms with Crippen molar-refractivity contribution in [3.63, 3.8) is 0 Å². The van der Waals surface area contributed by atoms with Crippen molar-refractivity contribution in [2.75, 3.05) is 0 Å². The summed E-state index contributed by atoms with van der Waals surface area (Å²) >= 11 is 0. The summed E-state index contributed by atoms with van der Waals surface area (Å²) in [6.45, 7) is 1.13. The highest BCUT2D eigenvalue weighted by Crippen LogP contribution is 2.27. The molecule has 0 spiro atoms. The van der Waals surface area contributed by atoms with Crippen molar-refractivity contribution < 1.29 is 9.59 Å². The second-order valence-corrected chi connectivity index (χ2v) is 7.68. The first kappa shape index (κ1) is 17.8. The average Bonchev–Trinajstić information content (AvgIpc) is 3.38. The highest BCUT2D eigenvalue weighted by atomic mass is 16.2. The van der Waals surface area contributed by atoms with Gasteiger partial charge in [-0.1, -0.05) is 43.2 Å². The summed E-state index contributed by atoms with van der Waals surface area (Å²) in [5.41, 5.74) is 2.58. The molecule has 0 saturated heterocycles. The number of benzene rings is 1. The summed E-state index contributed by atoms with van der Waals surface area (Å²) in [6, 6.07) is 9.87. The van der Waals surface area contributed by atoms with Crippen molar-refractivity contribution in [2.24, 2.45) is 5.92 Å². The van der Waals surface area contributed by atoms with Crippen molar-refractivity contribution in [3.8, 4) is 0 Å². The monoisotopic (exact) mass is 366 g/mol. The van der Waals surface area contributed by atoms with E-state index in [1.54, 1.807) is 6.20 Å². The van der Waals surface area contributed by atoms with E-state index in [4.69, 9.17) is 0 Å². The topological polar surface area (TPSA) is 76.0 Å². The lowest BCUT2D eigenvalue weighted by molar-refractivity contribution is -0.122. The standard InChI is InChI=1S/C21H26N4O2/c26-20(10-15-6-4-5-7-15)24-17-11-19-18(13-23-25(19)14-17)21(27)22-12-16-8-2-1-3-9-16/h1-3,8-9,13,15,17H,4-7,10-12,14H2,(H,22,27)(H,24,26)/t17-/m0/s1. The van der Waals surface area contributed by atoms with E-state index >= 15 is 0 Å². The lowest BCUT2D eigenvalue weighted by Gasteiger charge is -2.14. The zero-order chi connectivity index (χ0) is 18.6. The first-order chi connectivity index (χ1) is 13.2. The second kappa shape index (κ2) is 7.94. The Morgan fingerprint density at radius 3 is 2.70 bits per heavy atom. The number of amides is 2. The van der Waals surface area contributed by atoms with Gasteiger partial charge in [-0.15, -0.1) is 0 Å². The highest BCUT2D eigenvalue weighted by molar-refractivity contribution is 5.95. The van der Waals surface area contributed by atoms with E-state index in [1.807, 2.05) is 35.0 Å². The number of hydrogen-bond acceptors (Lipinski definition) is 3. The summed E-state index contributed by atoms with van der Waals surface area (Å²) in [5, 5.41) is 10.4. The fourth-order valence-electron chi connectivity index (χ4n) is 4.21. The predicted molar refractivity (Wildman–Crippen MR) is 102 cm³/mol. The third-order valence-corrected chi connectivity index (χ3v) is 5.64. The molecule has 1 atom stereocenters. The van der Waals surface area contributed by atoms with Crippen molar-refractivity contribution in [3.05, 3.63) is 53.3 Å². The molecule has 4 rings (SSSR count). The van der Waals surface area contributed by atoms with Gasteiger partial charge in [0.1, 0.15) is 0 Å². The average molecular weight is 366 g/mol. The fourth-order valence-corrected chi connectivity index (χ4v) is 4.21. The van der Waals surface area contributed by atoms with Gasteiger partial charge < -0.3 is 10.6 Å². The smallest absolute Gasteiger partial charge is 0.255 e. The van der Waals surface area contributed by atoms with Crippen LogP contribution in [0.25, 0.3) is 0 Å². The highest BCUT2D eigenvalue weighted by Gasteiger charge is 2.29. The Bertz CT molecular complexity index is 809. The maximum Gasteiger partial charge on any atom is 0.255 e. The minimum atomic E-state index is -0.113. The molecule has 0 radical (unpaired) electrons. The molecule has 1 aromatic heterocycles. The van der Waals surface area contributed by atoms with Crippen molar-refractivity contribution in [1.82, 2.24) is 20.4 Å². The van der Waals surface area contributed by atoms with E-state index in [1.165, 1.54) is 25.7 Å². The number of nitrogens with zero attached hydrogens (tertiary/aromatic N) is 2. The van der Waals surface area contributed by atoms with E-state index in [-0.39, 0.29) is 17.9 Å². The predicted octanol–water partition coefficient (Wildman–Crippen LogP) is 2.43. The Labute approximate surface area is 159 Å². The number of hydrogen-bond donors (Lipinski definition) is 2. The van der Waals surface area contributed by atoms with Gasteiger partial charge in [-0.3, -0.25) is 14.3 Å². The van der Waals surface area contributed by atoms with E-state index in [9.17, 15) is 9.59 Å². The van der Waals surface area contributed by atoms with E-state index in [2.05, 4.69) is 15.7 Å². The van der Waals surface area contributed by atoms with E-state index in [0.29, 0.717) is 37.4 Å². The molecule has 2 heterocycles. The van der Waals surface area contributed by atoms with Crippen LogP contribution in [0.3, 0.4) is 0 Å². The Balaban J connectivity index is 1.31. The summed E-state index contributed by atoms with van der Waals surface area (Å²) < 4.78 is 1.85. The minimum absolute atomic E-state index is 0.0308. The molecule has 27 heavy (non-hydrogen) atoms. The molecule has 6 heteroatoms. The maximum absolute atomic E-state index is 12.5. The molecule has 0 bridgehead atoms. The Kier molecular flexibility index (Phi) is 5.23. The lowest BCUT2D eigenvalue weighted by atomic mass is 10.0. The molecule has 2 amide bonds. The Morgan fingerprint density at radius 1 is 1.15 bits per heavy atom. The molecule has 1 fully saturated rings. The molecule has 1 saturated carbocycles. The molecule has 0 unspecified atom stereocenters. The molecular weight excluding hydrogens is 340 g/mol. The van der Waals surface area contributed by atoms with Gasteiger partial charge in [-0.25, -0.2) is 0 Å². The quantitative estimate of drug-likeness (QED) is 0.824. The molecule has 2 aliphatic rings. The fraction of sp³-hybridized carbons (Fsp3) is 0.476. The van der Waals surface area contributed by atoms with Crippen LogP contribution >= 0.6 is 0 Å². The van der Waals surface area contributed by atoms with Gasteiger partial charge in [-0.05, 0) is 24.3 Å². The van der Waals surface area contributed by atoms with E-state index in [0.717, 1.165) is 11.3 Å². The number of carbonyl (C=O) groups is 2. The van der Waals surface area contributed by atoms with Gasteiger partial charge in [-0.2, -0.15) is 5.10 Å². The number of carbonyl (C=O) groups excluding carboxylic acids is 2. The van der Waals surface area contributed by atoms with Crippen LogP contribution in [0.15, 0.2) is 36.5 Å². The largest absolute Gasteiger partial charge is 0.351 e. The Hall–Kier alpha value is -2.63. The zero-order valence-electron chi connectivity index (χ0n) is 15.5. The number of nitrogens with one attached hydrogen (secondary N) is 2. The van der Waals surface area contributed by atoms with Crippen LogP contribution in [-0.2, 0) is 24.3 Å². The van der Waals surface area contributed by atoms with Crippen LogP contribution in [0.1, 0.15) is 53.7 Å². The number of aromatic nitrogens is 2. The van der Waals surface area contributed by atoms with Gasteiger partial charge in [0, 0.05) is 19.4 Å². The summed E-state index contributed by atoms with van der Waals surface area (Å²) in [6.07, 6.45) is 7.76. The normalized spacial score (nSPS) is 19.0. The zero-order valence-corrected chi connectivity index (χ0v) is 15.5. The third-order valence-electron chi connectivity index (χ3n) is 5.64. The SMILES string of the molecule is O=C(CC1CCCC1)N[C@H]1Cc2c(C(=O)NCc3ccccc3)cnn2C1. The van der Waals surface area contributed by atoms with Crippen LogP contribution in [0.2, 0.25) is 0 Å². The van der Waals surface area contributed by atoms with Gasteiger partial charge in [0.05, 0.1) is 30.0 Å². The van der Waals surface area contributed by atoms with E-state index < -0.39 is 0 Å². The molecular formula is C21H26N4O2. The van der Waals surface area contributed by atoms with Crippen LogP contribution in [0.4, 0.5) is 0 Å². The van der Waals surface area contributed by atoms with Crippen LogP contribution in [-0.4, -0.2) is 27.6 Å². The summed E-state index contributed by atoms with van der Waals surface area (Å²) in [5.74, 6) is 0.563. The van der Waals surface area contributed by atoms with Crippen molar-refractivity contribution in [2.45, 2.75) is 57.7 Å². The van der Waals surface area contributed by atoms with Crippen LogP contribution in [0.5, 0.6) is 0 Å². The van der Waals surface area contributed by atoms with Gasteiger partial charge in [0.2, 0.25) is 5.91 Å². The van der Waals surface area contributed by atoms with Gasteiger partial charge in [0.15, 0.2) is 0 Å². The minimum Gasteiger partial charge on any atom is -0.351 e. The molecule has 1 aromatic carbocycles. The first-order valence-electron chi connectivity index (χ1n) is 9.85. The Morgan fingerprint density at radius 2 is 1.93 bits per heavy atom. The van der Waals surface area contributed by atoms with Crippen molar-refractivity contribution >= 4 is 11.8 Å². The maximum atomic E-state index is 12.5. The second-order valence-electron chi connectivity index (χ2n) is 7.68. The molecule has 142 valence electrons. The molecule has 1 aliphatic heterocycles. The lowest BCUT2D eigenvalue weighted by Crippen LogP contribution is -2.36. The number of rotatable bonds is 6. The molecule has 2 N–H and O–H groups in total.